The SMILES string of the molecule is CCCNC(c1cncnc1)c1ccc(CC)o1. The zero-order valence-electron chi connectivity index (χ0n) is 10.9. The Bertz CT molecular complexity index is 467. The molecule has 96 valence electrons. The molecule has 0 aliphatic carbocycles. The van der Waals surface area contributed by atoms with Crippen molar-refractivity contribution < 1.29 is 4.42 Å². The average Bonchev–Trinajstić information content (AvgIpc) is 2.89. The summed E-state index contributed by atoms with van der Waals surface area (Å²) >= 11 is 0. The van der Waals surface area contributed by atoms with Gasteiger partial charge in [0.05, 0.1) is 6.04 Å². The maximum absolute atomic E-state index is 5.83. The second-order valence-electron chi connectivity index (χ2n) is 4.22. The lowest BCUT2D eigenvalue weighted by atomic mass is 10.1. The highest BCUT2D eigenvalue weighted by atomic mass is 16.3. The lowest BCUT2D eigenvalue weighted by Gasteiger charge is -2.15. The van der Waals surface area contributed by atoms with Crippen molar-refractivity contribution in [2.75, 3.05) is 6.54 Å². The van der Waals surface area contributed by atoms with Crippen LogP contribution in [0.15, 0.2) is 35.3 Å². The van der Waals surface area contributed by atoms with Crippen molar-refractivity contribution in [1.29, 1.82) is 0 Å². The van der Waals surface area contributed by atoms with Gasteiger partial charge < -0.3 is 9.73 Å². The predicted octanol–water partition coefficient (Wildman–Crippen LogP) is 2.72. The molecule has 1 N–H and O–H groups in total. The smallest absolute Gasteiger partial charge is 0.125 e. The first-order valence-electron chi connectivity index (χ1n) is 6.42. The molecule has 0 amide bonds. The zero-order valence-corrected chi connectivity index (χ0v) is 10.9. The van der Waals surface area contributed by atoms with Gasteiger partial charge in [0, 0.05) is 24.4 Å². The van der Waals surface area contributed by atoms with Crippen LogP contribution < -0.4 is 5.32 Å². The average molecular weight is 245 g/mol. The van der Waals surface area contributed by atoms with Crippen molar-refractivity contribution in [2.24, 2.45) is 0 Å². The molecule has 4 nitrogen and oxygen atoms in total. The van der Waals surface area contributed by atoms with Crippen LogP contribution in [-0.2, 0) is 6.42 Å². The van der Waals surface area contributed by atoms with Crippen LogP contribution >= 0.6 is 0 Å². The largest absolute Gasteiger partial charge is 0.464 e. The molecule has 0 spiro atoms. The van der Waals surface area contributed by atoms with Crippen LogP contribution in [0.4, 0.5) is 0 Å². The van der Waals surface area contributed by atoms with Gasteiger partial charge in [0.15, 0.2) is 0 Å². The topological polar surface area (TPSA) is 51.0 Å². The monoisotopic (exact) mass is 245 g/mol. The summed E-state index contributed by atoms with van der Waals surface area (Å²) in [6, 6.07) is 4.09. The van der Waals surface area contributed by atoms with Crippen LogP contribution in [0.5, 0.6) is 0 Å². The van der Waals surface area contributed by atoms with Gasteiger partial charge in [-0.15, -0.1) is 0 Å². The minimum absolute atomic E-state index is 0.0337. The van der Waals surface area contributed by atoms with E-state index in [0.717, 1.165) is 36.5 Å². The number of nitrogens with zero attached hydrogens (tertiary/aromatic N) is 2. The molecule has 0 saturated carbocycles. The van der Waals surface area contributed by atoms with Gasteiger partial charge in [0.1, 0.15) is 17.8 Å². The summed E-state index contributed by atoms with van der Waals surface area (Å²) in [4.78, 5) is 8.15. The molecule has 2 rings (SSSR count). The third kappa shape index (κ3) is 2.96. The number of aromatic nitrogens is 2. The first-order chi connectivity index (χ1) is 8.85. The Morgan fingerprint density at radius 1 is 1.22 bits per heavy atom. The number of aryl methyl sites for hydroxylation is 1. The lowest BCUT2D eigenvalue weighted by molar-refractivity contribution is 0.421. The highest BCUT2D eigenvalue weighted by Gasteiger charge is 2.17. The molecule has 1 unspecified atom stereocenters. The molecular weight excluding hydrogens is 226 g/mol. The molecule has 0 bridgehead atoms. The van der Waals surface area contributed by atoms with Gasteiger partial charge >= 0.3 is 0 Å². The minimum Gasteiger partial charge on any atom is -0.464 e. The standard InChI is InChI=1S/C14H19N3O/c1-3-7-17-14(11-8-15-10-16-9-11)13-6-5-12(4-2)18-13/h5-6,8-10,14,17H,3-4,7H2,1-2H3. The summed E-state index contributed by atoms with van der Waals surface area (Å²) in [6.07, 6.45) is 7.18. The molecule has 2 aromatic rings. The fourth-order valence-corrected chi connectivity index (χ4v) is 1.87. The van der Waals surface area contributed by atoms with E-state index in [1.807, 2.05) is 24.5 Å². The summed E-state index contributed by atoms with van der Waals surface area (Å²) in [6.45, 7) is 5.16. The van der Waals surface area contributed by atoms with Gasteiger partial charge in [-0.1, -0.05) is 13.8 Å². The summed E-state index contributed by atoms with van der Waals surface area (Å²) in [5.41, 5.74) is 1.03. The van der Waals surface area contributed by atoms with Gasteiger partial charge in [-0.25, -0.2) is 9.97 Å². The van der Waals surface area contributed by atoms with Gasteiger partial charge in [-0.2, -0.15) is 0 Å². The van der Waals surface area contributed by atoms with Gasteiger partial charge in [-0.05, 0) is 25.1 Å². The van der Waals surface area contributed by atoms with E-state index >= 15 is 0 Å². The van der Waals surface area contributed by atoms with Crippen molar-refractivity contribution in [1.82, 2.24) is 15.3 Å². The first kappa shape index (κ1) is 12.8. The minimum atomic E-state index is 0.0337. The number of nitrogens with one attached hydrogen (secondary N) is 1. The molecule has 2 aromatic heterocycles. The summed E-state index contributed by atoms with van der Waals surface area (Å²) in [7, 11) is 0. The van der Waals surface area contributed by atoms with E-state index in [1.165, 1.54) is 0 Å². The van der Waals surface area contributed by atoms with Crippen LogP contribution in [0.2, 0.25) is 0 Å². The van der Waals surface area contributed by atoms with Crippen molar-refractivity contribution in [3.63, 3.8) is 0 Å². The fourth-order valence-electron chi connectivity index (χ4n) is 1.87. The van der Waals surface area contributed by atoms with Crippen LogP contribution in [0.3, 0.4) is 0 Å². The Morgan fingerprint density at radius 2 is 2.00 bits per heavy atom. The number of rotatable bonds is 6. The third-order valence-corrected chi connectivity index (χ3v) is 2.83. The highest BCUT2D eigenvalue weighted by molar-refractivity contribution is 5.23. The molecular formula is C14H19N3O. The van der Waals surface area contributed by atoms with Crippen LogP contribution in [0, 0.1) is 0 Å². The zero-order chi connectivity index (χ0) is 12.8. The van der Waals surface area contributed by atoms with E-state index in [2.05, 4.69) is 29.1 Å². The van der Waals surface area contributed by atoms with Crippen LogP contribution in [-0.4, -0.2) is 16.5 Å². The van der Waals surface area contributed by atoms with E-state index in [0.29, 0.717) is 0 Å². The Morgan fingerprint density at radius 3 is 2.61 bits per heavy atom. The Kier molecular flexibility index (Phi) is 4.47. The second kappa shape index (κ2) is 6.31. The summed E-state index contributed by atoms with van der Waals surface area (Å²) < 4.78 is 5.83. The van der Waals surface area contributed by atoms with Gasteiger partial charge in [0.2, 0.25) is 0 Å². The van der Waals surface area contributed by atoms with E-state index in [1.54, 1.807) is 6.33 Å². The predicted molar refractivity (Wildman–Crippen MR) is 70.3 cm³/mol. The lowest BCUT2D eigenvalue weighted by Crippen LogP contribution is -2.23. The third-order valence-electron chi connectivity index (χ3n) is 2.83. The van der Waals surface area contributed by atoms with Gasteiger partial charge in [0.25, 0.3) is 0 Å². The van der Waals surface area contributed by atoms with Crippen molar-refractivity contribution >= 4 is 0 Å². The molecule has 4 heteroatoms. The van der Waals surface area contributed by atoms with Crippen molar-refractivity contribution in [3.05, 3.63) is 47.9 Å². The molecule has 0 saturated heterocycles. The van der Waals surface area contributed by atoms with Crippen molar-refractivity contribution in [2.45, 2.75) is 32.7 Å². The second-order valence-corrected chi connectivity index (χ2v) is 4.22. The highest BCUT2D eigenvalue weighted by Crippen LogP contribution is 2.23. The fraction of sp³-hybridized carbons (Fsp3) is 0.429. The summed E-state index contributed by atoms with van der Waals surface area (Å²) in [5, 5.41) is 3.47. The van der Waals surface area contributed by atoms with Gasteiger partial charge in [-0.3, -0.25) is 0 Å². The Labute approximate surface area is 107 Å². The van der Waals surface area contributed by atoms with E-state index in [4.69, 9.17) is 4.42 Å². The molecule has 2 heterocycles. The number of hydrogen-bond acceptors (Lipinski definition) is 4. The first-order valence-corrected chi connectivity index (χ1v) is 6.42. The Balaban J connectivity index is 2.24. The van der Waals surface area contributed by atoms with E-state index in [9.17, 15) is 0 Å². The quantitative estimate of drug-likeness (QED) is 0.850. The van der Waals surface area contributed by atoms with Crippen LogP contribution in [0.25, 0.3) is 0 Å². The van der Waals surface area contributed by atoms with Crippen LogP contribution in [0.1, 0.15) is 43.4 Å². The molecule has 0 aromatic carbocycles. The maximum Gasteiger partial charge on any atom is 0.125 e. The normalized spacial score (nSPS) is 12.6. The Hall–Kier alpha value is -1.68. The van der Waals surface area contributed by atoms with E-state index in [-0.39, 0.29) is 6.04 Å². The number of hydrogen-bond donors (Lipinski definition) is 1. The molecule has 0 radical (unpaired) electrons. The van der Waals surface area contributed by atoms with Crippen molar-refractivity contribution in [3.8, 4) is 0 Å². The molecule has 0 aliphatic rings. The molecule has 1 atom stereocenters. The molecule has 18 heavy (non-hydrogen) atoms. The van der Waals surface area contributed by atoms with E-state index < -0.39 is 0 Å². The molecule has 0 fully saturated rings. The maximum atomic E-state index is 5.83. The number of furan rings is 1. The molecule has 0 aliphatic heterocycles. The summed E-state index contributed by atoms with van der Waals surface area (Å²) in [5.74, 6) is 1.93.